The van der Waals surface area contributed by atoms with E-state index < -0.39 is 18.0 Å². The Labute approximate surface area is 70.2 Å². The van der Waals surface area contributed by atoms with Crippen LogP contribution in [0.2, 0.25) is 0 Å². The minimum atomic E-state index is -1.13. The predicted octanol–water partition coefficient (Wildman–Crippen LogP) is 0.0741. The molecule has 0 aromatic carbocycles. The summed E-state index contributed by atoms with van der Waals surface area (Å²) >= 11 is 0. The molecule has 0 aliphatic heterocycles. The van der Waals surface area contributed by atoms with Crippen molar-refractivity contribution in [3.63, 3.8) is 0 Å². The van der Waals surface area contributed by atoms with Crippen LogP contribution in [0.5, 0.6) is 0 Å². The van der Waals surface area contributed by atoms with E-state index >= 15 is 0 Å². The van der Waals surface area contributed by atoms with Crippen LogP contribution in [0.1, 0.15) is 13.3 Å². The van der Waals surface area contributed by atoms with Gasteiger partial charge < -0.3 is 16.2 Å². The monoisotopic (exact) mass is 172 g/mol. The molecule has 2 amide bonds. The number of carboxylic acids is 1. The van der Waals surface area contributed by atoms with Crippen LogP contribution in [0.25, 0.3) is 0 Å². The van der Waals surface area contributed by atoms with Gasteiger partial charge in [0.25, 0.3) is 0 Å². The highest BCUT2D eigenvalue weighted by atomic mass is 16.4. The minimum Gasteiger partial charge on any atom is -0.478 e. The Kier molecular flexibility index (Phi) is 3.82. The Morgan fingerprint density at radius 3 is 2.42 bits per heavy atom. The number of urea groups is 1. The summed E-state index contributed by atoms with van der Waals surface area (Å²) in [6, 6.07) is -1.33. The number of primary amides is 1. The molecule has 5 heteroatoms. The fourth-order valence-corrected chi connectivity index (χ4v) is 0.756. The van der Waals surface area contributed by atoms with Crippen LogP contribution < -0.4 is 11.1 Å². The van der Waals surface area contributed by atoms with Crippen molar-refractivity contribution >= 4 is 12.0 Å². The molecule has 0 saturated heterocycles. The van der Waals surface area contributed by atoms with E-state index in [2.05, 4.69) is 11.9 Å². The zero-order valence-corrected chi connectivity index (χ0v) is 6.83. The summed E-state index contributed by atoms with van der Waals surface area (Å²) in [5, 5.41) is 10.8. The number of nitrogens with two attached hydrogens (primary N) is 1. The maximum absolute atomic E-state index is 10.4. The summed E-state index contributed by atoms with van der Waals surface area (Å²) < 4.78 is 0. The van der Waals surface area contributed by atoms with E-state index in [0.717, 1.165) is 0 Å². The molecule has 0 bridgehead atoms. The van der Waals surface area contributed by atoms with Crippen molar-refractivity contribution in [2.75, 3.05) is 0 Å². The lowest BCUT2D eigenvalue weighted by Gasteiger charge is -2.14. The second-order valence-electron chi connectivity index (χ2n) is 2.30. The number of carboxylic acid groups (broad SMARTS) is 1. The fourth-order valence-electron chi connectivity index (χ4n) is 0.756. The summed E-state index contributed by atoms with van der Waals surface area (Å²) in [6.07, 6.45) is 0.452. The Morgan fingerprint density at radius 2 is 2.17 bits per heavy atom. The zero-order chi connectivity index (χ0) is 9.72. The van der Waals surface area contributed by atoms with Gasteiger partial charge in [0.1, 0.15) is 0 Å². The molecule has 68 valence electrons. The van der Waals surface area contributed by atoms with Gasteiger partial charge in [0.05, 0.1) is 11.6 Å². The summed E-state index contributed by atoms with van der Waals surface area (Å²) in [4.78, 5) is 20.8. The first-order valence-electron chi connectivity index (χ1n) is 3.47. The van der Waals surface area contributed by atoms with Gasteiger partial charge in [-0.15, -0.1) is 0 Å². The molecule has 0 aliphatic rings. The highest BCUT2D eigenvalue weighted by molar-refractivity contribution is 5.88. The van der Waals surface area contributed by atoms with Gasteiger partial charge in [0, 0.05) is 0 Å². The van der Waals surface area contributed by atoms with Crippen LogP contribution in [0.3, 0.4) is 0 Å². The Hall–Kier alpha value is -1.52. The number of hydrogen-bond donors (Lipinski definition) is 3. The van der Waals surface area contributed by atoms with E-state index in [1.807, 2.05) is 0 Å². The smallest absolute Gasteiger partial charge is 0.333 e. The van der Waals surface area contributed by atoms with Crippen LogP contribution in [-0.2, 0) is 4.79 Å². The number of amides is 2. The molecule has 0 fully saturated rings. The molecule has 12 heavy (non-hydrogen) atoms. The van der Waals surface area contributed by atoms with Crippen molar-refractivity contribution in [3.05, 3.63) is 12.2 Å². The minimum absolute atomic E-state index is 0.0590. The van der Waals surface area contributed by atoms with E-state index in [1.165, 1.54) is 0 Å². The van der Waals surface area contributed by atoms with Crippen LogP contribution >= 0.6 is 0 Å². The number of hydrogen-bond acceptors (Lipinski definition) is 2. The number of nitrogens with one attached hydrogen (secondary N) is 1. The topological polar surface area (TPSA) is 92.4 Å². The SMILES string of the molecule is C=C(C(=O)O)C(CC)NC(N)=O. The molecule has 1 unspecified atom stereocenters. The van der Waals surface area contributed by atoms with Crippen molar-refractivity contribution in [3.8, 4) is 0 Å². The van der Waals surface area contributed by atoms with Gasteiger partial charge in [-0.2, -0.15) is 0 Å². The van der Waals surface area contributed by atoms with E-state index in [9.17, 15) is 9.59 Å². The lowest BCUT2D eigenvalue weighted by molar-refractivity contribution is -0.132. The molecule has 0 radical (unpaired) electrons. The molecule has 0 aromatic heterocycles. The van der Waals surface area contributed by atoms with Gasteiger partial charge in [0.15, 0.2) is 0 Å². The quantitative estimate of drug-likeness (QED) is 0.524. The van der Waals surface area contributed by atoms with Gasteiger partial charge in [-0.25, -0.2) is 9.59 Å². The third-order valence-electron chi connectivity index (χ3n) is 1.42. The number of aliphatic carboxylic acids is 1. The molecule has 0 aromatic rings. The summed E-state index contributed by atoms with van der Waals surface area (Å²) in [5.41, 5.74) is 4.76. The molecular formula is C7H12N2O3. The lowest BCUT2D eigenvalue weighted by atomic mass is 10.1. The molecule has 1 atom stereocenters. The third-order valence-corrected chi connectivity index (χ3v) is 1.42. The summed E-state index contributed by atoms with van der Waals surface area (Å²) in [6.45, 7) is 5.04. The van der Waals surface area contributed by atoms with Crippen molar-refractivity contribution in [2.24, 2.45) is 5.73 Å². The van der Waals surface area contributed by atoms with Crippen LogP contribution in [-0.4, -0.2) is 23.1 Å². The van der Waals surface area contributed by atoms with E-state index in [4.69, 9.17) is 10.8 Å². The van der Waals surface area contributed by atoms with Gasteiger partial charge in [-0.1, -0.05) is 13.5 Å². The molecule has 0 aliphatic carbocycles. The average Bonchev–Trinajstić information content (AvgIpc) is 1.98. The molecule has 4 N–H and O–H groups in total. The first-order chi connectivity index (χ1) is 5.49. The Bertz CT molecular complexity index is 213. The molecule has 5 nitrogen and oxygen atoms in total. The second-order valence-corrected chi connectivity index (χ2v) is 2.30. The van der Waals surface area contributed by atoms with Gasteiger partial charge in [-0.3, -0.25) is 0 Å². The second kappa shape index (κ2) is 4.38. The van der Waals surface area contributed by atoms with Crippen molar-refractivity contribution < 1.29 is 14.7 Å². The zero-order valence-electron chi connectivity index (χ0n) is 6.83. The van der Waals surface area contributed by atoms with Gasteiger partial charge >= 0.3 is 12.0 Å². The lowest BCUT2D eigenvalue weighted by Crippen LogP contribution is -2.40. The molecular weight excluding hydrogens is 160 g/mol. The molecule has 0 saturated carbocycles. The van der Waals surface area contributed by atoms with E-state index in [0.29, 0.717) is 6.42 Å². The average molecular weight is 172 g/mol. The van der Waals surface area contributed by atoms with Crippen molar-refractivity contribution in [1.82, 2.24) is 5.32 Å². The Morgan fingerprint density at radius 1 is 1.67 bits per heavy atom. The molecule has 0 heterocycles. The molecule has 0 rings (SSSR count). The predicted molar refractivity (Wildman–Crippen MR) is 43.6 cm³/mol. The maximum Gasteiger partial charge on any atom is 0.333 e. The summed E-state index contributed by atoms with van der Waals surface area (Å²) in [7, 11) is 0. The van der Waals surface area contributed by atoms with Gasteiger partial charge in [-0.05, 0) is 6.42 Å². The fraction of sp³-hybridized carbons (Fsp3) is 0.429. The van der Waals surface area contributed by atoms with Crippen LogP contribution in [0, 0.1) is 0 Å². The largest absolute Gasteiger partial charge is 0.478 e. The highest BCUT2D eigenvalue weighted by Crippen LogP contribution is 2.03. The van der Waals surface area contributed by atoms with Gasteiger partial charge in [0.2, 0.25) is 0 Å². The van der Waals surface area contributed by atoms with Crippen molar-refractivity contribution in [1.29, 1.82) is 0 Å². The first kappa shape index (κ1) is 10.5. The third kappa shape index (κ3) is 3.05. The first-order valence-corrected chi connectivity index (χ1v) is 3.47. The summed E-state index contributed by atoms with van der Waals surface area (Å²) in [5.74, 6) is -1.13. The van der Waals surface area contributed by atoms with E-state index in [-0.39, 0.29) is 5.57 Å². The van der Waals surface area contributed by atoms with Crippen LogP contribution in [0.4, 0.5) is 4.79 Å². The van der Waals surface area contributed by atoms with E-state index in [1.54, 1.807) is 6.92 Å². The van der Waals surface area contributed by atoms with Crippen LogP contribution in [0.15, 0.2) is 12.2 Å². The molecule has 0 spiro atoms. The maximum atomic E-state index is 10.4. The Balaban J connectivity index is 4.24. The highest BCUT2D eigenvalue weighted by Gasteiger charge is 2.16. The number of carbonyl (C=O) groups excluding carboxylic acids is 1. The normalized spacial score (nSPS) is 11.8. The standard InChI is InChI=1S/C7H12N2O3/c1-3-5(9-7(8)12)4(2)6(10)11/h5H,2-3H2,1H3,(H,10,11)(H3,8,9,12). The number of carbonyl (C=O) groups is 2. The van der Waals surface area contributed by atoms with Crippen molar-refractivity contribution in [2.45, 2.75) is 19.4 Å². The number of rotatable bonds is 4.